The molecular formula is C14H16N2O4. The van der Waals surface area contributed by atoms with Crippen LogP contribution in [-0.4, -0.2) is 47.9 Å². The number of benzene rings is 1. The van der Waals surface area contributed by atoms with Gasteiger partial charge in [0.25, 0.3) is 0 Å². The number of rotatable bonds is 3. The van der Waals surface area contributed by atoms with Crippen LogP contribution in [0.4, 0.5) is 5.69 Å². The van der Waals surface area contributed by atoms with Crippen molar-refractivity contribution in [3.05, 3.63) is 29.8 Å². The van der Waals surface area contributed by atoms with Crippen molar-refractivity contribution in [2.45, 2.75) is 12.8 Å². The highest BCUT2D eigenvalue weighted by molar-refractivity contribution is 6.04. The summed E-state index contributed by atoms with van der Waals surface area (Å²) in [5, 5.41) is 8.94. The zero-order chi connectivity index (χ0) is 14.9. The second kappa shape index (κ2) is 5.32. The Morgan fingerprint density at radius 3 is 2.30 bits per heavy atom. The Kier molecular flexibility index (Phi) is 3.74. The molecule has 20 heavy (non-hydrogen) atoms. The van der Waals surface area contributed by atoms with E-state index in [9.17, 15) is 14.4 Å². The van der Waals surface area contributed by atoms with E-state index < -0.39 is 11.9 Å². The highest BCUT2D eigenvalue weighted by atomic mass is 16.4. The molecule has 1 heterocycles. The molecule has 0 aliphatic carbocycles. The minimum absolute atomic E-state index is 0.0170. The van der Waals surface area contributed by atoms with Gasteiger partial charge in [0.1, 0.15) is 6.54 Å². The zero-order valence-electron chi connectivity index (χ0n) is 11.4. The average Bonchev–Trinajstić information content (AvgIpc) is 2.42. The maximum absolute atomic E-state index is 11.9. The fourth-order valence-corrected chi connectivity index (χ4v) is 2.04. The number of hydrogen-bond acceptors (Lipinski definition) is 3. The molecular weight excluding hydrogens is 260 g/mol. The third-order valence-electron chi connectivity index (χ3n) is 3.47. The Morgan fingerprint density at radius 2 is 1.75 bits per heavy atom. The molecule has 0 bridgehead atoms. The molecule has 2 amide bonds. The van der Waals surface area contributed by atoms with Crippen LogP contribution in [-0.2, 0) is 14.4 Å². The monoisotopic (exact) mass is 276 g/mol. The molecule has 2 rings (SSSR count). The highest BCUT2D eigenvalue weighted by Crippen LogP contribution is 2.22. The normalized spacial score (nSPS) is 17.3. The third kappa shape index (κ3) is 2.64. The smallest absolute Gasteiger partial charge is 0.310 e. The summed E-state index contributed by atoms with van der Waals surface area (Å²) in [7, 11) is 1.59. The molecule has 1 aliphatic heterocycles. The highest BCUT2D eigenvalue weighted by Gasteiger charge is 2.28. The molecule has 0 aromatic heterocycles. The summed E-state index contributed by atoms with van der Waals surface area (Å²) in [4.78, 5) is 37.3. The Balaban J connectivity index is 2.20. The van der Waals surface area contributed by atoms with Crippen LogP contribution in [0.5, 0.6) is 0 Å². The maximum atomic E-state index is 11.9. The molecule has 1 aliphatic rings. The first-order valence-electron chi connectivity index (χ1n) is 6.27. The fraction of sp³-hybridized carbons (Fsp3) is 0.357. The lowest BCUT2D eigenvalue weighted by Crippen LogP contribution is -2.52. The van der Waals surface area contributed by atoms with Gasteiger partial charge in [-0.1, -0.05) is 12.1 Å². The van der Waals surface area contributed by atoms with Crippen molar-refractivity contribution in [1.82, 2.24) is 4.90 Å². The van der Waals surface area contributed by atoms with E-state index in [2.05, 4.69) is 0 Å². The summed E-state index contributed by atoms with van der Waals surface area (Å²) in [5.41, 5.74) is 1.27. The Bertz CT molecular complexity index is 553. The summed E-state index contributed by atoms with van der Waals surface area (Å²) in [6, 6.07) is 6.69. The number of carboxylic acids is 1. The number of aliphatic carboxylic acids is 1. The van der Waals surface area contributed by atoms with Crippen LogP contribution in [0.1, 0.15) is 18.4 Å². The van der Waals surface area contributed by atoms with Crippen molar-refractivity contribution in [3.63, 3.8) is 0 Å². The number of hydrogen-bond donors (Lipinski definition) is 1. The molecule has 0 saturated carbocycles. The van der Waals surface area contributed by atoms with Crippen molar-refractivity contribution in [3.8, 4) is 0 Å². The molecule has 1 saturated heterocycles. The summed E-state index contributed by atoms with van der Waals surface area (Å²) < 4.78 is 0. The topological polar surface area (TPSA) is 77.9 Å². The van der Waals surface area contributed by atoms with E-state index in [4.69, 9.17) is 5.11 Å². The van der Waals surface area contributed by atoms with Gasteiger partial charge in [0.05, 0.1) is 12.5 Å². The first-order chi connectivity index (χ1) is 9.40. The first kappa shape index (κ1) is 14.0. The Hall–Kier alpha value is -2.37. The summed E-state index contributed by atoms with van der Waals surface area (Å²) in [5.74, 6) is -1.77. The van der Waals surface area contributed by atoms with E-state index in [1.54, 1.807) is 38.2 Å². The van der Waals surface area contributed by atoms with Crippen molar-refractivity contribution < 1.29 is 19.5 Å². The minimum Gasteiger partial charge on any atom is -0.481 e. The number of carboxylic acid groups (broad SMARTS) is 1. The second-order valence-corrected chi connectivity index (χ2v) is 4.88. The van der Waals surface area contributed by atoms with Crippen molar-refractivity contribution in [2.24, 2.45) is 0 Å². The summed E-state index contributed by atoms with van der Waals surface area (Å²) in [6.07, 6.45) is 0. The number of nitrogens with zero attached hydrogens (tertiary/aromatic N) is 2. The lowest BCUT2D eigenvalue weighted by Gasteiger charge is -2.31. The van der Waals surface area contributed by atoms with Crippen molar-refractivity contribution in [2.75, 3.05) is 25.0 Å². The number of carbonyl (C=O) groups excluding carboxylic acids is 2. The number of amides is 2. The Labute approximate surface area is 116 Å². The van der Waals surface area contributed by atoms with Crippen LogP contribution in [0.25, 0.3) is 0 Å². The van der Waals surface area contributed by atoms with Gasteiger partial charge < -0.3 is 14.9 Å². The van der Waals surface area contributed by atoms with Crippen molar-refractivity contribution >= 4 is 23.5 Å². The molecule has 106 valence electrons. The third-order valence-corrected chi connectivity index (χ3v) is 3.47. The molecule has 6 heteroatoms. The summed E-state index contributed by atoms with van der Waals surface area (Å²) in [6.45, 7) is 1.68. The van der Waals surface area contributed by atoms with Gasteiger partial charge >= 0.3 is 5.97 Å². The maximum Gasteiger partial charge on any atom is 0.310 e. The van der Waals surface area contributed by atoms with Crippen LogP contribution < -0.4 is 4.90 Å². The fourth-order valence-electron chi connectivity index (χ4n) is 2.04. The van der Waals surface area contributed by atoms with Gasteiger partial charge in [0.15, 0.2) is 0 Å². The van der Waals surface area contributed by atoms with E-state index in [1.807, 2.05) is 0 Å². The molecule has 1 N–H and O–H groups in total. The second-order valence-electron chi connectivity index (χ2n) is 4.88. The van der Waals surface area contributed by atoms with Gasteiger partial charge in [-0.05, 0) is 24.6 Å². The van der Waals surface area contributed by atoms with E-state index in [0.717, 1.165) is 0 Å². The lowest BCUT2D eigenvalue weighted by molar-refractivity contribution is -0.138. The van der Waals surface area contributed by atoms with E-state index in [-0.39, 0.29) is 24.9 Å². The number of piperazine rings is 1. The molecule has 1 aromatic rings. The lowest BCUT2D eigenvalue weighted by atomic mass is 10.0. The molecule has 6 nitrogen and oxygen atoms in total. The van der Waals surface area contributed by atoms with E-state index >= 15 is 0 Å². The Morgan fingerprint density at radius 1 is 1.15 bits per heavy atom. The largest absolute Gasteiger partial charge is 0.481 e. The first-order valence-corrected chi connectivity index (χ1v) is 6.27. The standard InChI is InChI=1S/C14H16N2O4/c1-9(14(19)20)10-3-5-11(6-4-10)16-8-12(17)15(2)7-13(16)18/h3-6,9H,7-8H2,1-2H3,(H,19,20). The predicted octanol–water partition coefficient (Wildman–Crippen LogP) is 0.680. The van der Waals surface area contributed by atoms with Crippen LogP contribution in [0, 0.1) is 0 Å². The average molecular weight is 276 g/mol. The van der Waals surface area contributed by atoms with Gasteiger partial charge in [-0.3, -0.25) is 14.4 Å². The van der Waals surface area contributed by atoms with Gasteiger partial charge in [-0.15, -0.1) is 0 Å². The van der Waals surface area contributed by atoms with Gasteiger partial charge in [0.2, 0.25) is 11.8 Å². The number of likely N-dealkylation sites (N-methyl/N-ethyl adjacent to an activating group) is 1. The molecule has 1 unspecified atom stereocenters. The van der Waals surface area contributed by atoms with E-state index in [1.165, 1.54) is 9.80 Å². The zero-order valence-corrected chi connectivity index (χ0v) is 11.4. The molecule has 0 spiro atoms. The SMILES string of the molecule is CC(C(=O)O)c1ccc(N2CC(=O)N(C)CC2=O)cc1. The van der Waals surface area contributed by atoms with Crippen molar-refractivity contribution in [1.29, 1.82) is 0 Å². The van der Waals surface area contributed by atoms with Crippen LogP contribution >= 0.6 is 0 Å². The number of carbonyl (C=O) groups is 3. The molecule has 1 fully saturated rings. The molecule has 0 radical (unpaired) electrons. The van der Waals surface area contributed by atoms with Gasteiger partial charge in [0, 0.05) is 12.7 Å². The van der Waals surface area contributed by atoms with Gasteiger partial charge in [-0.2, -0.15) is 0 Å². The minimum atomic E-state index is -0.899. The van der Waals surface area contributed by atoms with Gasteiger partial charge in [-0.25, -0.2) is 0 Å². The molecule has 1 atom stereocenters. The van der Waals surface area contributed by atoms with Crippen LogP contribution in [0.15, 0.2) is 24.3 Å². The summed E-state index contributed by atoms with van der Waals surface area (Å²) >= 11 is 0. The van der Waals surface area contributed by atoms with Crippen LogP contribution in [0.2, 0.25) is 0 Å². The molecule has 1 aromatic carbocycles. The quantitative estimate of drug-likeness (QED) is 0.880. The van der Waals surface area contributed by atoms with E-state index in [0.29, 0.717) is 11.3 Å². The van der Waals surface area contributed by atoms with Crippen LogP contribution in [0.3, 0.4) is 0 Å². The number of anilines is 1. The predicted molar refractivity (Wildman–Crippen MR) is 72.5 cm³/mol.